The molecule has 1 saturated carbocycles. The number of ether oxygens (including phenoxy) is 1. The minimum Gasteiger partial charge on any atom is -0.397 e. The molecule has 2 heterocycles. The molecule has 1 fully saturated rings. The van der Waals surface area contributed by atoms with E-state index in [9.17, 15) is 0 Å². The molecule has 1 atom stereocenters. The van der Waals surface area contributed by atoms with Crippen LogP contribution in [0.1, 0.15) is 24.8 Å². The average molecular weight is 246 g/mol. The summed E-state index contributed by atoms with van der Waals surface area (Å²) in [7, 11) is 1.67. The summed E-state index contributed by atoms with van der Waals surface area (Å²) in [4.78, 5) is 8.29. The van der Waals surface area contributed by atoms with Gasteiger partial charge in [-0.1, -0.05) is 5.16 Å². The molecule has 1 aliphatic rings. The smallest absolute Gasteiger partial charge is 0.260 e. The van der Waals surface area contributed by atoms with Crippen LogP contribution in [0.3, 0.4) is 0 Å². The number of hydrogen-bond donors (Lipinski definition) is 1. The molecule has 0 amide bonds. The zero-order chi connectivity index (χ0) is 12.5. The molecule has 3 rings (SSSR count). The van der Waals surface area contributed by atoms with E-state index in [0.29, 0.717) is 28.9 Å². The fourth-order valence-electron chi connectivity index (χ4n) is 1.97. The van der Waals surface area contributed by atoms with Crippen molar-refractivity contribution in [3.63, 3.8) is 0 Å². The van der Waals surface area contributed by atoms with Gasteiger partial charge in [0.05, 0.1) is 17.4 Å². The molecule has 1 unspecified atom stereocenters. The monoisotopic (exact) mass is 246 g/mol. The normalized spacial score (nSPS) is 16.7. The maximum absolute atomic E-state index is 5.82. The summed E-state index contributed by atoms with van der Waals surface area (Å²) in [5.74, 6) is 1.51. The molecule has 2 aromatic rings. The van der Waals surface area contributed by atoms with Crippen LogP contribution < -0.4 is 5.73 Å². The van der Waals surface area contributed by atoms with Crippen molar-refractivity contribution in [2.75, 3.05) is 12.8 Å². The van der Waals surface area contributed by atoms with Crippen LogP contribution in [0.2, 0.25) is 0 Å². The Morgan fingerprint density at radius 1 is 1.50 bits per heavy atom. The van der Waals surface area contributed by atoms with Crippen LogP contribution in [-0.2, 0) is 4.74 Å². The molecule has 18 heavy (non-hydrogen) atoms. The highest BCUT2D eigenvalue weighted by atomic mass is 16.5. The van der Waals surface area contributed by atoms with E-state index >= 15 is 0 Å². The molecule has 0 spiro atoms. The van der Waals surface area contributed by atoms with Gasteiger partial charge in [0.1, 0.15) is 6.10 Å². The molecule has 94 valence electrons. The first-order valence-corrected chi connectivity index (χ1v) is 5.86. The van der Waals surface area contributed by atoms with Gasteiger partial charge in [-0.2, -0.15) is 4.98 Å². The Balaban J connectivity index is 1.91. The van der Waals surface area contributed by atoms with Gasteiger partial charge in [0.25, 0.3) is 5.89 Å². The molecular formula is C12H14N4O2. The average Bonchev–Trinajstić information content (AvgIpc) is 3.09. The number of rotatable bonds is 4. The first-order valence-electron chi connectivity index (χ1n) is 5.86. The van der Waals surface area contributed by atoms with Gasteiger partial charge in [-0.15, -0.1) is 0 Å². The van der Waals surface area contributed by atoms with E-state index in [1.54, 1.807) is 25.6 Å². The van der Waals surface area contributed by atoms with Crippen LogP contribution in [0.5, 0.6) is 0 Å². The van der Waals surface area contributed by atoms with Crippen molar-refractivity contribution in [1.29, 1.82) is 0 Å². The molecule has 6 heteroatoms. The van der Waals surface area contributed by atoms with Crippen molar-refractivity contribution < 1.29 is 9.26 Å². The van der Waals surface area contributed by atoms with Gasteiger partial charge in [-0.3, -0.25) is 4.98 Å². The number of methoxy groups -OCH3 is 1. The topological polar surface area (TPSA) is 87.1 Å². The van der Waals surface area contributed by atoms with Crippen LogP contribution in [0.25, 0.3) is 11.5 Å². The Kier molecular flexibility index (Phi) is 2.71. The third kappa shape index (κ3) is 1.95. The molecule has 1 aliphatic carbocycles. The summed E-state index contributed by atoms with van der Waals surface area (Å²) in [6.07, 6.45) is 5.43. The molecule has 0 aliphatic heterocycles. The van der Waals surface area contributed by atoms with Crippen molar-refractivity contribution in [1.82, 2.24) is 15.1 Å². The largest absolute Gasteiger partial charge is 0.397 e. The number of nitrogen functional groups attached to an aromatic ring is 1. The number of nitrogens with two attached hydrogens (primary N) is 1. The maximum atomic E-state index is 5.82. The first-order chi connectivity index (χ1) is 8.79. The number of aromatic nitrogens is 3. The quantitative estimate of drug-likeness (QED) is 0.885. The Hall–Kier alpha value is -1.95. The van der Waals surface area contributed by atoms with Crippen molar-refractivity contribution in [3.8, 4) is 11.5 Å². The third-order valence-corrected chi connectivity index (χ3v) is 3.08. The molecule has 0 saturated heterocycles. The zero-order valence-corrected chi connectivity index (χ0v) is 10.0. The van der Waals surface area contributed by atoms with E-state index in [1.807, 2.05) is 0 Å². The number of anilines is 1. The van der Waals surface area contributed by atoms with Crippen LogP contribution in [0, 0.1) is 5.92 Å². The molecule has 0 radical (unpaired) electrons. The zero-order valence-electron chi connectivity index (χ0n) is 10.0. The van der Waals surface area contributed by atoms with Gasteiger partial charge < -0.3 is 15.0 Å². The molecule has 6 nitrogen and oxygen atoms in total. The molecular weight excluding hydrogens is 232 g/mol. The summed E-state index contributed by atoms with van der Waals surface area (Å²) in [6.45, 7) is 0. The lowest BCUT2D eigenvalue weighted by Gasteiger charge is -2.08. The summed E-state index contributed by atoms with van der Waals surface area (Å²) >= 11 is 0. The fraction of sp³-hybridized carbons (Fsp3) is 0.417. The van der Waals surface area contributed by atoms with Gasteiger partial charge in [-0.05, 0) is 24.8 Å². The van der Waals surface area contributed by atoms with Crippen molar-refractivity contribution in [3.05, 3.63) is 24.3 Å². The highest BCUT2D eigenvalue weighted by Gasteiger charge is 2.35. The summed E-state index contributed by atoms with van der Waals surface area (Å²) in [5, 5.41) is 3.98. The van der Waals surface area contributed by atoms with Crippen LogP contribution in [0.4, 0.5) is 5.69 Å². The summed E-state index contributed by atoms with van der Waals surface area (Å²) in [6, 6.07) is 1.76. The second kappa shape index (κ2) is 4.38. The molecule has 0 aromatic carbocycles. The Morgan fingerprint density at radius 3 is 3.00 bits per heavy atom. The van der Waals surface area contributed by atoms with Crippen LogP contribution in [-0.4, -0.2) is 22.2 Å². The van der Waals surface area contributed by atoms with Crippen LogP contribution in [0.15, 0.2) is 23.0 Å². The SMILES string of the molecule is COC(c1noc(-c2ccncc2N)n1)C1CC1. The number of hydrogen-bond acceptors (Lipinski definition) is 6. The van der Waals surface area contributed by atoms with E-state index in [2.05, 4.69) is 15.1 Å². The minimum atomic E-state index is -0.0782. The Labute approximate surface area is 104 Å². The van der Waals surface area contributed by atoms with Crippen LogP contribution >= 0.6 is 0 Å². The Morgan fingerprint density at radius 2 is 2.33 bits per heavy atom. The van der Waals surface area contributed by atoms with Gasteiger partial charge in [0.15, 0.2) is 0 Å². The standard InChI is InChI=1S/C12H14N4O2/c1-17-10(7-2-3-7)11-15-12(18-16-11)8-4-5-14-6-9(8)13/h4-7,10H,2-3,13H2,1H3. The lowest BCUT2D eigenvalue weighted by atomic mass is 10.2. The molecule has 2 aromatic heterocycles. The second-order valence-corrected chi connectivity index (χ2v) is 4.41. The summed E-state index contributed by atoms with van der Waals surface area (Å²) in [5.41, 5.74) is 7.05. The second-order valence-electron chi connectivity index (χ2n) is 4.41. The van der Waals surface area contributed by atoms with Gasteiger partial charge in [0.2, 0.25) is 5.82 Å². The predicted octanol–water partition coefficient (Wildman–Crippen LogP) is 1.81. The number of nitrogens with zero attached hydrogens (tertiary/aromatic N) is 3. The van der Waals surface area contributed by atoms with E-state index in [-0.39, 0.29) is 6.10 Å². The van der Waals surface area contributed by atoms with Gasteiger partial charge >= 0.3 is 0 Å². The third-order valence-electron chi connectivity index (χ3n) is 3.08. The van der Waals surface area contributed by atoms with E-state index in [1.165, 1.54) is 0 Å². The summed E-state index contributed by atoms with van der Waals surface area (Å²) < 4.78 is 10.7. The maximum Gasteiger partial charge on any atom is 0.260 e. The van der Waals surface area contributed by atoms with Gasteiger partial charge in [-0.25, -0.2) is 0 Å². The molecule has 2 N–H and O–H groups in total. The minimum absolute atomic E-state index is 0.0782. The van der Waals surface area contributed by atoms with E-state index in [4.69, 9.17) is 15.0 Å². The number of pyridine rings is 1. The van der Waals surface area contributed by atoms with Crippen molar-refractivity contribution in [2.45, 2.75) is 18.9 Å². The lowest BCUT2D eigenvalue weighted by molar-refractivity contribution is 0.0751. The van der Waals surface area contributed by atoms with E-state index < -0.39 is 0 Å². The van der Waals surface area contributed by atoms with E-state index in [0.717, 1.165) is 12.8 Å². The van der Waals surface area contributed by atoms with Crippen molar-refractivity contribution >= 4 is 5.69 Å². The highest BCUT2D eigenvalue weighted by Crippen LogP contribution is 2.42. The predicted molar refractivity (Wildman–Crippen MR) is 64.4 cm³/mol. The lowest BCUT2D eigenvalue weighted by Crippen LogP contribution is -2.05. The fourth-order valence-corrected chi connectivity index (χ4v) is 1.97. The molecule has 0 bridgehead atoms. The van der Waals surface area contributed by atoms with Crippen molar-refractivity contribution in [2.24, 2.45) is 5.92 Å². The Bertz CT molecular complexity index is 551. The van der Waals surface area contributed by atoms with Gasteiger partial charge in [0, 0.05) is 13.3 Å². The highest BCUT2D eigenvalue weighted by molar-refractivity contribution is 5.68. The first kappa shape index (κ1) is 11.2.